The van der Waals surface area contributed by atoms with Crippen molar-refractivity contribution in [2.75, 3.05) is 11.1 Å². The molecule has 0 unspecified atom stereocenters. The molecule has 0 spiro atoms. The van der Waals surface area contributed by atoms with Gasteiger partial charge in [-0.25, -0.2) is 0 Å². The molecule has 0 atom stereocenters. The maximum Gasteiger partial charge on any atom is 0.261 e. The fourth-order valence-electron chi connectivity index (χ4n) is 2.49. The summed E-state index contributed by atoms with van der Waals surface area (Å²) in [6.45, 7) is 0. The van der Waals surface area contributed by atoms with Gasteiger partial charge in [-0.05, 0) is 48.6 Å². The number of rotatable bonds is 6. The number of anilines is 1. The number of thioether (sulfide) groups is 1. The van der Waals surface area contributed by atoms with Crippen LogP contribution < -0.4 is 10.6 Å². The predicted octanol–water partition coefficient (Wildman–Crippen LogP) is 3.73. The Kier molecular flexibility index (Phi) is 5.40. The zero-order chi connectivity index (χ0) is 17.8. The average molecular weight is 375 g/mol. The van der Waals surface area contributed by atoms with E-state index in [0.717, 1.165) is 10.6 Å². The van der Waals surface area contributed by atoms with Crippen molar-refractivity contribution in [3.63, 3.8) is 0 Å². The van der Waals surface area contributed by atoms with Crippen LogP contribution in [0.1, 0.15) is 33.6 Å². The summed E-state index contributed by atoms with van der Waals surface area (Å²) in [4.78, 5) is 36.6. The Morgan fingerprint density at radius 1 is 1.08 bits per heavy atom. The molecule has 3 rings (SSSR count). The minimum absolute atomic E-state index is 0.183. The zero-order valence-electron chi connectivity index (χ0n) is 13.2. The second kappa shape index (κ2) is 7.72. The average Bonchev–Trinajstić information content (AvgIpc) is 2.89. The van der Waals surface area contributed by atoms with E-state index in [0.29, 0.717) is 29.1 Å². The Balaban J connectivity index is 1.51. The molecule has 128 valence electrons. The van der Waals surface area contributed by atoms with Crippen LogP contribution in [0.4, 0.5) is 5.69 Å². The van der Waals surface area contributed by atoms with Gasteiger partial charge in [0, 0.05) is 16.3 Å². The highest BCUT2D eigenvalue weighted by Crippen LogP contribution is 2.25. The van der Waals surface area contributed by atoms with Crippen molar-refractivity contribution in [1.82, 2.24) is 5.32 Å². The molecular formula is C18H15ClN2O3S. The molecule has 0 saturated carbocycles. The van der Waals surface area contributed by atoms with Gasteiger partial charge in [0.15, 0.2) is 0 Å². The van der Waals surface area contributed by atoms with Crippen LogP contribution in [0.5, 0.6) is 0 Å². The Hall–Kier alpha value is -2.31. The lowest BCUT2D eigenvalue weighted by atomic mass is 10.1. The summed E-state index contributed by atoms with van der Waals surface area (Å²) in [6, 6.07) is 12.4. The first-order chi connectivity index (χ1) is 12.0. The van der Waals surface area contributed by atoms with Crippen LogP contribution in [0.2, 0.25) is 5.02 Å². The Labute approximate surface area is 154 Å². The van der Waals surface area contributed by atoms with Crippen LogP contribution in [0, 0.1) is 0 Å². The van der Waals surface area contributed by atoms with E-state index in [4.69, 9.17) is 11.6 Å². The fourth-order valence-corrected chi connectivity index (χ4v) is 3.47. The molecule has 0 aromatic heterocycles. The number of carbonyl (C=O) groups excluding carboxylic acids is 3. The summed E-state index contributed by atoms with van der Waals surface area (Å²) in [5.74, 6) is -0.303. The first kappa shape index (κ1) is 17.5. The Morgan fingerprint density at radius 2 is 1.84 bits per heavy atom. The van der Waals surface area contributed by atoms with E-state index in [1.807, 2.05) is 24.3 Å². The topological polar surface area (TPSA) is 75.3 Å². The highest BCUT2D eigenvalue weighted by molar-refractivity contribution is 7.99. The van der Waals surface area contributed by atoms with E-state index in [1.165, 1.54) is 0 Å². The van der Waals surface area contributed by atoms with Crippen molar-refractivity contribution in [2.24, 2.45) is 0 Å². The molecule has 2 aromatic carbocycles. The van der Waals surface area contributed by atoms with Crippen LogP contribution in [-0.4, -0.2) is 23.5 Å². The first-order valence-electron chi connectivity index (χ1n) is 7.71. The molecule has 3 amide bonds. The van der Waals surface area contributed by atoms with E-state index in [1.54, 1.807) is 30.0 Å². The van der Waals surface area contributed by atoms with E-state index >= 15 is 0 Å². The Bertz CT molecular complexity index is 837. The molecule has 1 aliphatic rings. The van der Waals surface area contributed by atoms with Gasteiger partial charge >= 0.3 is 0 Å². The summed E-state index contributed by atoms with van der Waals surface area (Å²) in [5, 5.41) is 5.65. The van der Waals surface area contributed by atoms with Crippen LogP contribution in [-0.2, 0) is 4.79 Å². The normalized spacial score (nSPS) is 12.7. The quantitative estimate of drug-likeness (QED) is 0.459. The third-order valence-corrected chi connectivity index (χ3v) is 5.02. The predicted molar refractivity (Wildman–Crippen MR) is 98.3 cm³/mol. The smallest absolute Gasteiger partial charge is 0.261 e. The number of fused-ring (bicyclic) bond motifs is 1. The minimum Gasteiger partial charge on any atom is -0.325 e. The van der Waals surface area contributed by atoms with Gasteiger partial charge < -0.3 is 5.32 Å². The largest absolute Gasteiger partial charge is 0.325 e. The standard InChI is InChI=1S/C18H15ClN2O3S/c19-11-6-8-12(9-7-11)25-10-2-5-15(22)20-14-4-1-3-13-16(14)18(24)21-17(13)23/h1,3-4,6-9H,2,5,10H2,(H,20,22)(H,21,23,24). The summed E-state index contributed by atoms with van der Waals surface area (Å²) in [5.41, 5.74) is 0.897. The number of amides is 3. The number of halogens is 1. The van der Waals surface area contributed by atoms with Gasteiger partial charge in [-0.15, -0.1) is 11.8 Å². The minimum atomic E-state index is -0.478. The SMILES string of the molecule is O=C(CCCSc1ccc(Cl)cc1)Nc1cccc2c1C(=O)NC2=O. The highest BCUT2D eigenvalue weighted by Gasteiger charge is 2.29. The first-order valence-corrected chi connectivity index (χ1v) is 9.08. The molecule has 0 radical (unpaired) electrons. The second-order valence-electron chi connectivity index (χ2n) is 5.47. The molecule has 5 nitrogen and oxygen atoms in total. The molecule has 1 aliphatic heterocycles. The second-order valence-corrected chi connectivity index (χ2v) is 7.07. The zero-order valence-corrected chi connectivity index (χ0v) is 14.7. The monoisotopic (exact) mass is 374 g/mol. The van der Waals surface area contributed by atoms with Gasteiger partial charge in [0.1, 0.15) is 0 Å². The van der Waals surface area contributed by atoms with Gasteiger partial charge in [0.2, 0.25) is 5.91 Å². The number of imide groups is 1. The lowest BCUT2D eigenvalue weighted by molar-refractivity contribution is -0.116. The molecule has 2 aromatic rings. The van der Waals surface area contributed by atoms with E-state index in [-0.39, 0.29) is 11.5 Å². The van der Waals surface area contributed by atoms with Crippen molar-refractivity contribution in [2.45, 2.75) is 17.7 Å². The summed E-state index contributed by atoms with van der Waals surface area (Å²) in [6.07, 6.45) is 1.03. The van der Waals surface area contributed by atoms with Crippen molar-refractivity contribution < 1.29 is 14.4 Å². The number of benzene rings is 2. The summed E-state index contributed by atoms with van der Waals surface area (Å²) >= 11 is 7.49. The van der Waals surface area contributed by atoms with Gasteiger partial charge in [-0.3, -0.25) is 19.7 Å². The maximum absolute atomic E-state index is 12.1. The molecule has 1 heterocycles. The fraction of sp³-hybridized carbons (Fsp3) is 0.167. The Morgan fingerprint density at radius 3 is 2.60 bits per heavy atom. The molecule has 0 saturated heterocycles. The molecule has 7 heteroatoms. The van der Waals surface area contributed by atoms with Gasteiger partial charge in [0.25, 0.3) is 11.8 Å². The lowest BCUT2D eigenvalue weighted by Crippen LogP contribution is -2.20. The van der Waals surface area contributed by atoms with Crippen molar-refractivity contribution in [1.29, 1.82) is 0 Å². The summed E-state index contributed by atoms with van der Waals surface area (Å²) in [7, 11) is 0. The van der Waals surface area contributed by atoms with Crippen molar-refractivity contribution >= 4 is 46.8 Å². The van der Waals surface area contributed by atoms with Crippen LogP contribution in [0.3, 0.4) is 0 Å². The number of carbonyl (C=O) groups is 3. The molecule has 0 bridgehead atoms. The highest BCUT2D eigenvalue weighted by atomic mass is 35.5. The number of hydrogen-bond donors (Lipinski definition) is 2. The molecule has 0 fully saturated rings. The van der Waals surface area contributed by atoms with Gasteiger partial charge in [-0.1, -0.05) is 17.7 Å². The van der Waals surface area contributed by atoms with Crippen molar-refractivity contribution in [3.05, 3.63) is 58.6 Å². The van der Waals surface area contributed by atoms with Gasteiger partial charge in [-0.2, -0.15) is 0 Å². The third-order valence-electron chi connectivity index (χ3n) is 3.67. The lowest BCUT2D eigenvalue weighted by Gasteiger charge is -2.08. The van der Waals surface area contributed by atoms with Gasteiger partial charge in [0.05, 0.1) is 16.8 Å². The molecule has 2 N–H and O–H groups in total. The molecule has 25 heavy (non-hydrogen) atoms. The van der Waals surface area contributed by atoms with E-state index in [9.17, 15) is 14.4 Å². The number of hydrogen-bond acceptors (Lipinski definition) is 4. The van der Waals surface area contributed by atoms with E-state index < -0.39 is 11.8 Å². The maximum atomic E-state index is 12.1. The van der Waals surface area contributed by atoms with E-state index in [2.05, 4.69) is 10.6 Å². The van der Waals surface area contributed by atoms with Crippen LogP contribution >= 0.6 is 23.4 Å². The van der Waals surface area contributed by atoms with Crippen LogP contribution in [0.25, 0.3) is 0 Å². The number of nitrogens with one attached hydrogen (secondary N) is 2. The summed E-state index contributed by atoms with van der Waals surface area (Å²) < 4.78 is 0. The molecular weight excluding hydrogens is 360 g/mol. The van der Waals surface area contributed by atoms with Crippen molar-refractivity contribution in [3.8, 4) is 0 Å². The third kappa shape index (κ3) is 4.21. The molecule has 0 aliphatic carbocycles. The van der Waals surface area contributed by atoms with Crippen LogP contribution in [0.15, 0.2) is 47.4 Å².